The van der Waals surface area contributed by atoms with E-state index in [-0.39, 0.29) is 10.9 Å². The van der Waals surface area contributed by atoms with Crippen molar-refractivity contribution in [1.82, 2.24) is 9.97 Å². The molecule has 0 radical (unpaired) electrons. The second-order valence-corrected chi connectivity index (χ2v) is 12.7. The van der Waals surface area contributed by atoms with Crippen LogP contribution in [-0.4, -0.2) is 50.3 Å². The van der Waals surface area contributed by atoms with Crippen molar-refractivity contribution in [1.29, 1.82) is 0 Å². The molecule has 1 aromatic heterocycles. The number of anilines is 2. The van der Waals surface area contributed by atoms with Crippen molar-refractivity contribution in [2.75, 3.05) is 30.0 Å². The number of amides is 1. The summed E-state index contributed by atoms with van der Waals surface area (Å²) in [4.78, 5) is 24.1. The highest BCUT2D eigenvalue weighted by Gasteiger charge is 2.58. The van der Waals surface area contributed by atoms with Gasteiger partial charge in [-0.15, -0.1) is 0 Å². The molecule has 2 fully saturated rings. The van der Waals surface area contributed by atoms with Gasteiger partial charge in [-0.3, -0.25) is 5.32 Å². The fraction of sp³-hybridized carbons (Fsp3) is 0.258. The van der Waals surface area contributed by atoms with Crippen LogP contribution in [0.2, 0.25) is 0 Å². The summed E-state index contributed by atoms with van der Waals surface area (Å²) in [6.07, 6.45) is 0.166. The maximum absolute atomic E-state index is 13.8. The Morgan fingerprint density at radius 1 is 1.02 bits per heavy atom. The quantitative estimate of drug-likeness (QED) is 0.279. The van der Waals surface area contributed by atoms with Crippen molar-refractivity contribution >= 4 is 27.4 Å². The predicted octanol–water partition coefficient (Wildman–Crippen LogP) is 5.58. The lowest BCUT2D eigenvalue weighted by atomic mass is 10.1. The van der Waals surface area contributed by atoms with E-state index in [1.807, 2.05) is 13.0 Å². The number of carbonyl (C=O) groups excluding carboxylic acids is 1. The third kappa shape index (κ3) is 5.45. The largest absolute Gasteiger partial charge is 0.417 e. The summed E-state index contributed by atoms with van der Waals surface area (Å²) in [6, 6.07) is 22.4. The van der Waals surface area contributed by atoms with E-state index in [1.54, 1.807) is 54.6 Å². The van der Waals surface area contributed by atoms with Gasteiger partial charge in [0.1, 0.15) is 22.1 Å². The first-order chi connectivity index (χ1) is 20.2. The number of carbonyl (C=O) groups is 1. The van der Waals surface area contributed by atoms with Crippen LogP contribution in [0.3, 0.4) is 0 Å². The highest BCUT2D eigenvalue weighted by molar-refractivity contribution is 7.92. The highest BCUT2D eigenvalue weighted by Crippen LogP contribution is 2.55. The molecule has 3 aromatic carbocycles. The minimum Gasteiger partial charge on any atom is -0.410 e. The number of benzene rings is 3. The lowest BCUT2D eigenvalue weighted by molar-refractivity contribution is 0.0985. The van der Waals surface area contributed by atoms with Gasteiger partial charge in [-0.1, -0.05) is 18.2 Å². The Bertz CT molecular complexity index is 1700. The number of para-hydroxylation sites is 1. The number of sulfone groups is 1. The fourth-order valence-electron chi connectivity index (χ4n) is 5.07. The smallest absolute Gasteiger partial charge is 0.410 e. The number of morpholine rings is 1. The summed E-state index contributed by atoms with van der Waals surface area (Å²) in [6.45, 7) is 3.67. The molecule has 1 saturated carbocycles. The minimum atomic E-state index is -3.86. The fourth-order valence-corrected chi connectivity index (χ4v) is 7.03. The summed E-state index contributed by atoms with van der Waals surface area (Å²) >= 11 is 0. The molecule has 1 aliphatic heterocycles. The van der Waals surface area contributed by atoms with E-state index in [4.69, 9.17) is 19.4 Å². The summed E-state index contributed by atoms with van der Waals surface area (Å²) in [7, 11) is -3.86. The van der Waals surface area contributed by atoms with Gasteiger partial charge in [-0.05, 0) is 80.4 Å². The zero-order chi connectivity index (χ0) is 29.3. The number of ether oxygens (including phenoxy) is 2. The van der Waals surface area contributed by atoms with E-state index in [0.717, 1.165) is 12.1 Å². The number of rotatable bonds is 7. The maximum Gasteiger partial charge on any atom is 0.417 e. The van der Waals surface area contributed by atoms with Crippen LogP contribution in [0.25, 0.3) is 11.4 Å². The number of hydrogen-bond acceptors (Lipinski definition) is 8. The molecule has 0 bridgehead atoms. The number of nitrogens with zero attached hydrogens (tertiary/aromatic N) is 3. The Kier molecular flexibility index (Phi) is 7.38. The van der Waals surface area contributed by atoms with E-state index >= 15 is 0 Å². The van der Waals surface area contributed by atoms with E-state index in [2.05, 4.69) is 10.2 Å². The summed E-state index contributed by atoms with van der Waals surface area (Å²) < 4.78 is 50.9. The first-order valence-corrected chi connectivity index (χ1v) is 15.1. The molecule has 42 heavy (non-hydrogen) atoms. The monoisotopic (exact) mass is 588 g/mol. The van der Waals surface area contributed by atoms with Crippen molar-refractivity contribution in [3.63, 3.8) is 0 Å². The molecule has 1 N–H and O–H groups in total. The number of aromatic nitrogens is 2. The van der Waals surface area contributed by atoms with Gasteiger partial charge < -0.3 is 14.4 Å². The van der Waals surface area contributed by atoms with Crippen LogP contribution in [0.5, 0.6) is 5.75 Å². The first kappa shape index (κ1) is 27.8. The molecular weight excluding hydrogens is 559 g/mol. The van der Waals surface area contributed by atoms with Crippen molar-refractivity contribution in [3.8, 4) is 17.1 Å². The average molecular weight is 589 g/mol. The van der Waals surface area contributed by atoms with Crippen LogP contribution >= 0.6 is 0 Å². The molecule has 11 heteroatoms. The average Bonchev–Trinajstić information content (AvgIpc) is 3.81. The predicted molar refractivity (Wildman–Crippen MR) is 156 cm³/mol. The van der Waals surface area contributed by atoms with Crippen LogP contribution in [-0.2, 0) is 19.3 Å². The topological polar surface area (TPSA) is 111 Å². The SMILES string of the molecule is C[C@H]1COCCN1c1cc(C2(S(=O)(=O)c3ccc(F)cc3)CC2)nc(-c2ccc(NC(=O)Oc3ccccc3)cc2)n1. The standard InChI is InChI=1S/C31H29FN4O5S/c1-21-20-40-18-17-36(21)28-19-27(31(15-16-31)42(38,39)26-13-9-23(32)10-14-26)34-29(35-28)22-7-11-24(12-8-22)33-30(37)41-25-5-3-2-4-6-25/h2-14,19,21H,15-18,20H2,1H3,(H,33,37)/t21-/m0/s1. The Hall–Kier alpha value is -4.35. The molecule has 1 saturated heterocycles. The van der Waals surface area contributed by atoms with Gasteiger partial charge in [0.15, 0.2) is 15.7 Å². The van der Waals surface area contributed by atoms with Crippen molar-refractivity contribution in [2.24, 2.45) is 0 Å². The third-order valence-corrected chi connectivity index (χ3v) is 10.1. The zero-order valence-corrected chi connectivity index (χ0v) is 23.7. The molecule has 1 atom stereocenters. The van der Waals surface area contributed by atoms with Gasteiger partial charge in [0.05, 0.1) is 29.8 Å². The van der Waals surface area contributed by atoms with Gasteiger partial charge >= 0.3 is 6.09 Å². The molecular formula is C31H29FN4O5S. The lowest BCUT2D eigenvalue weighted by Gasteiger charge is -2.34. The Morgan fingerprint density at radius 3 is 2.40 bits per heavy atom. The van der Waals surface area contributed by atoms with E-state index in [0.29, 0.717) is 66.9 Å². The van der Waals surface area contributed by atoms with Crippen LogP contribution < -0.4 is 15.0 Å². The molecule has 2 heterocycles. The van der Waals surface area contributed by atoms with Crippen molar-refractivity contribution in [3.05, 3.63) is 96.4 Å². The molecule has 6 rings (SSSR count). The number of halogens is 1. The van der Waals surface area contributed by atoms with Gasteiger partial charge in [-0.2, -0.15) is 0 Å². The first-order valence-electron chi connectivity index (χ1n) is 13.6. The van der Waals surface area contributed by atoms with Gasteiger partial charge in [0.2, 0.25) is 0 Å². The maximum atomic E-state index is 13.8. The van der Waals surface area contributed by atoms with Crippen LogP contribution in [0.1, 0.15) is 25.5 Å². The molecule has 0 spiro atoms. The molecule has 2 aliphatic rings. The Labute approximate surface area is 243 Å². The Morgan fingerprint density at radius 2 is 1.74 bits per heavy atom. The van der Waals surface area contributed by atoms with Gasteiger partial charge in [0.25, 0.3) is 0 Å². The van der Waals surface area contributed by atoms with E-state index in [1.165, 1.54) is 12.1 Å². The Balaban J connectivity index is 1.33. The molecule has 216 valence electrons. The van der Waals surface area contributed by atoms with Crippen molar-refractivity contribution in [2.45, 2.75) is 35.4 Å². The molecule has 1 aliphatic carbocycles. The number of hydrogen-bond donors (Lipinski definition) is 1. The third-order valence-electron chi connectivity index (χ3n) is 7.53. The van der Waals surface area contributed by atoms with Gasteiger partial charge in [0, 0.05) is 23.9 Å². The van der Waals surface area contributed by atoms with Crippen LogP contribution in [0.15, 0.2) is 89.8 Å². The second kappa shape index (κ2) is 11.1. The molecule has 0 unspecified atom stereocenters. The van der Waals surface area contributed by atoms with Gasteiger partial charge in [-0.25, -0.2) is 27.6 Å². The second-order valence-electron chi connectivity index (χ2n) is 10.4. The molecule has 4 aromatic rings. The zero-order valence-electron chi connectivity index (χ0n) is 22.9. The number of nitrogens with one attached hydrogen (secondary N) is 1. The normalized spacial score (nSPS) is 17.9. The summed E-state index contributed by atoms with van der Waals surface area (Å²) in [5, 5.41) is 2.70. The van der Waals surface area contributed by atoms with Crippen molar-refractivity contribution < 1.29 is 27.1 Å². The van der Waals surface area contributed by atoms with E-state index in [9.17, 15) is 17.6 Å². The molecule has 9 nitrogen and oxygen atoms in total. The lowest BCUT2D eigenvalue weighted by Crippen LogP contribution is -2.44. The van der Waals surface area contributed by atoms with Crippen LogP contribution in [0.4, 0.5) is 20.7 Å². The summed E-state index contributed by atoms with van der Waals surface area (Å²) in [5.41, 5.74) is 1.56. The summed E-state index contributed by atoms with van der Waals surface area (Å²) in [5.74, 6) is 0.893. The van der Waals surface area contributed by atoms with Crippen LogP contribution in [0, 0.1) is 5.82 Å². The molecule has 1 amide bonds. The van der Waals surface area contributed by atoms with E-state index < -0.39 is 26.5 Å². The highest BCUT2D eigenvalue weighted by atomic mass is 32.2. The minimum absolute atomic E-state index is 0.0282.